The summed E-state index contributed by atoms with van der Waals surface area (Å²) in [6.45, 7) is 0. The van der Waals surface area contributed by atoms with Gasteiger partial charge in [-0.25, -0.2) is 0 Å². The average molecular weight is 271 g/mol. The van der Waals surface area contributed by atoms with Crippen LogP contribution in [0.4, 0.5) is 24.5 Å². The maximum absolute atomic E-state index is 12.1. The molecule has 0 unspecified atom stereocenters. The molecule has 1 aromatic rings. The summed E-state index contributed by atoms with van der Waals surface area (Å²) in [7, 11) is 0. The van der Waals surface area contributed by atoms with Gasteiger partial charge in [-0.1, -0.05) is 12.1 Å². The van der Waals surface area contributed by atoms with E-state index < -0.39 is 24.4 Å². The van der Waals surface area contributed by atoms with Crippen LogP contribution in [0.3, 0.4) is 0 Å². The van der Waals surface area contributed by atoms with Gasteiger partial charge >= 0.3 is 12.1 Å². The fraction of sp³-hybridized carbons (Fsp3) is 0.182. The third-order valence-electron chi connectivity index (χ3n) is 1.95. The number of carbonyl (C=O) groups excluding carboxylic acids is 2. The largest absolute Gasteiger partial charge is 0.471 e. The van der Waals surface area contributed by atoms with E-state index in [1.54, 1.807) is 11.4 Å². The lowest BCUT2D eigenvalue weighted by Gasteiger charge is -2.12. The Morgan fingerprint density at radius 3 is 2.16 bits per heavy atom. The average Bonchev–Trinajstić information content (AvgIpc) is 2.30. The molecule has 5 nitrogen and oxygen atoms in total. The van der Waals surface area contributed by atoms with E-state index in [0.717, 1.165) is 0 Å². The molecule has 0 aliphatic carbocycles. The van der Waals surface area contributed by atoms with Crippen molar-refractivity contribution in [1.82, 2.24) is 0 Å². The topological polar surface area (TPSA) is 82.0 Å². The fourth-order valence-corrected chi connectivity index (χ4v) is 1.16. The fourth-order valence-electron chi connectivity index (χ4n) is 1.16. The van der Waals surface area contributed by atoms with Gasteiger partial charge in [0.15, 0.2) is 0 Å². The molecular formula is C11H8F3N3O2. The molecule has 0 aromatic heterocycles. The minimum Gasteiger partial charge on any atom is -0.323 e. The van der Waals surface area contributed by atoms with Crippen molar-refractivity contribution in [2.24, 2.45) is 0 Å². The minimum atomic E-state index is -5.02. The number of amides is 2. The highest BCUT2D eigenvalue weighted by Crippen LogP contribution is 2.24. The number of hydrogen-bond donors (Lipinski definition) is 2. The van der Waals surface area contributed by atoms with Crippen LogP contribution < -0.4 is 10.6 Å². The van der Waals surface area contributed by atoms with Crippen LogP contribution in [0.15, 0.2) is 24.3 Å². The summed E-state index contributed by atoms with van der Waals surface area (Å²) in [5.41, 5.74) is -0.212. The van der Waals surface area contributed by atoms with E-state index in [2.05, 4.69) is 5.32 Å². The van der Waals surface area contributed by atoms with Crippen molar-refractivity contribution in [3.05, 3.63) is 24.3 Å². The zero-order valence-electron chi connectivity index (χ0n) is 9.41. The van der Waals surface area contributed by atoms with Gasteiger partial charge in [-0.05, 0) is 12.1 Å². The third-order valence-corrected chi connectivity index (χ3v) is 1.95. The summed E-state index contributed by atoms with van der Waals surface area (Å²) in [5, 5.41) is 12.2. The molecule has 0 atom stereocenters. The molecule has 0 aliphatic rings. The number of carbonyl (C=O) groups is 2. The van der Waals surface area contributed by atoms with Crippen LogP contribution in [0.1, 0.15) is 6.42 Å². The Hall–Kier alpha value is -2.56. The lowest BCUT2D eigenvalue weighted by atomic mass is 10.2. The third kappa shape index (κ3) is 4.31. The number of alkyl halides is 3. The molecule has 0 saturated carbocycles. The number of nitrogens with one attached hydrogen (secondary N) is 2. The van der Waals surface area contributed by atoms with E-state index in [-0.39, 0.29) is 11.4 Å². The van der Waals surface area contributed by atoms with Gasteiger partial charge in [-0.3, -0.25) is 9.59 Å². The summed E-state index contributed by atoms with van der Waals surface area (Å²) < 4.78 is 36.3. The van der Waals surface area contributed by atoms with E-state index in [1.807, 2.05) is 0 Å². The Labute approximate surface area is 106 Å². The number of rotatable bonds is 3. The predicted molar refractivity (Wildman–Crippen MR) is 60.0 cm³/mol. The molecule has 0 aliphatic heterocycles. The molecule has 0 heterocycles. The first-order chi connectivity index (χ1) is 8.84. The van der Waals surface area contributed by atoms with Crippen LogP contribution >= 0.6 is 0 Å². The Bertz CT molecular complexity index is 535. The molecule has 0 radical (unpaired) electrons. The molecule has 0 saturated heterocycles. The van der Waals surface area contributed by atoms with Gasteiger partial charge in [0.25, 0.3) is 0 Å². The first kappa shape index (κ1) is 14.5. The standard InChI is InChI=1S/C11H8F3N3O2/c12-11(13,14)10(19)17-8-4-2-1-3-7(8)16-9(18)5-6-15/h1-4H,5H2,(H,16,18)(H,17,19). The number of nitriles is 1. The molecule has 2 N–H and O–H groups in total. The van der Waals surface area contributed by atoms with Crippen molar-refractivity contribution < 1.29 is 22.8 Å². The molecule has 0 bridgehead atoms. The van der Waals surface area contributed by atoms with Gasteiger partial charge in [0.05, 0.1) is 17.4 Å². The van der Waals surface area contributed by atoms with Crippen molar-refractivity contribution in [2.45, 2.75) is 12.6 Å². The van der Waals surface area contributed by atoms with E-state index >= 15 is 0 Å². The van der Waals surface area contributed by atoms with E-state index in [9.17, 15) is 22.8 Å². The second-order valence-corrected chi connectivity index (χ2v) is 3.38. The van der Waals surface area contributed by atoms with Crippen LogP contribution in [-0.2, 0) is 9.59 Å². The van der Waals surface area contributed by atoms with Crippen molar-refractivity contribution >= 4 is 23.2 Å². The normalized spacial score (nSPS) is 10.4. The minimum absolute atomic E-state index is 0.0136. The van der Waals surface area contributed by atoms with Crippen LogP contribution in [0.5, 0.6) is 0 Å². The highest BCUT2D eigenvalue weighted by Gasteiger charge is 2.38. The van der Waals surface area contributed by atoms with Gasteiger partial charge in [0.1, 0.15) is 6.42 Å². The summed E-state index contributed by atoms with van der Waals surface area (Å²) in [4.78, 5) is 22.0. The van der Waals surface area contributed by atoms with Gasteiger partial charge in [-0.15, -0.1) is 0 Å². The number of hydrogen-bond acceptors (Lipinski definition) is 3. The number of anilines is 2. The van der Waals surface area contributed by atoms with Crippen LogP contribution in [0.2, 0.25) is 0 Å². The first-order valence-electron chi connectivity index (χ1n) is 4.98. The van der Waals surface area contributed by atoms with Crippen molar-refractivity contribution in [2.75, 3.05) is 10.6 Å². The highest BCUT2D eigenvalue weighted by atomic mass is 19.4. The lowest BCUT2D eigenvalue weighted by Crippen LogP contribution is -2.30. The van der Waals surface area contributed by atoms with E-state index in [1.165, 1.54) is 24.3 Å². The molecule has 0 spiro atoms. The zero-order valence-corrected chi connectivity index (χ0v) is 9.41. The smallest absolute Gasteiger partial charge is 0.323 e. The monoisotopic (exact) mass is 271 g/mol. The number of nitrogens with zero attached hydrogens (tertiary/aromatic N) is 1. The van der Waals surface area contributed by atoms with E-state index in [0.29, 0.717) is 0 Å². The Kier molecular flexibility index (Phi) is 4.47. The Morgan fingerprint density at radius 2 is 1.68 bits per heavy atom. The molecule has 19 heavy (non-hydrogen) atoms. The van der Waals surface area contributed by atoms with Crippen LogP contribution in [-0.4, -0.2) is 18.0 Å². The molecule has 100 valence electrons. The summed E-state index contributed by atoms with van der Waals surface area (Å²) in [6.07, 6.45) is -5.47. The SMILES string of the molecule is N#CCC(=O)Nc1ccccc1NC(=O)C(F)(F)F. The molecule has 2 amide bonds. The lowest BCUT2D eigenvalue weighted by molar-refractivity contribution is -0.167. The maximum atomic E-state index is 12.1. The molecular weight excluding hydrogens is 263 g/mol. The van der Waals surface area contributed by atoms with Gasteiger partial charge in [-0.2, -0.15) is 18.4 Å². The maximum Gasteiger partial charge on any atom is 0.471 e. The summed E-state index contributed by atoms with van der Waals surface area (Å²) in [5.74, 6) is -2.83. The van der Waals surface area contributed by atoms with Gasteiger partial charge in [0, 0.05) is 0 Å². The predicted octanol–water partition coefficient (Wildman–Crippen LogP) is 2.04. The van der Waals surface area contributed by atoms with Gasteiger partial charge < -0.3 is 10.6 Å². The van der Waals surface area contributed by atoms with Crippen LogP contribution in [0, 0.1) is 11.3 Å². The van der Waals surface area contributed by atoms with Gasteiger partial charge in [0.2, 0.25) is 5.91 Å². The number of para-hydroxylation sites is 2. The van der Waals surface area contributed by atoms with Crippen molar-refractivity contribution in [3.63, 3.8) is 0 Å². The molecule has 1 rings (SSSR count). The summed E-state index contributed by atoms with van der Waals surface area (Å²) in [6, 6.07) is 6.96. The van der Waals surface area contributed by atoms with Crippen molar-refractivity contribution in [3.8, 4) is 6.07 Å². The second kappa shape index (κ2) is 5.86. The molecule has 1 aromatic carbocycles. The molecule has 8 heteroatoms. The highest BCUT2D eigenvalue weighted by molar-refractivity contribution is 6.01. The quantitative estimate of drug-likeness (QED) is 0.882. The first-order valence-corrected chi connectivity index (χ1v) is 4.98. The Balaban J connectivity index is 2.88. The number of benzene rings is 1. The Morgan fingerprint density at radius 1 is 1.16 bits per heavy atom. The second-order valence-electron chi connectivity index (χ2n) is 3.38. The molecule has 0 fully saturated rings. The zero-order chi connectivity index (χ0) is 14.5. The van der Waals surface area contributed by atoms with Crippen molar-refractivity contribution in [1.29, 1.82) is 5.26 Å². The van der Waals surface area contributed by atoms with Crippen LogP contribution in [0.25, 0.3) is 0 Å². The van der Waals surface area contributed by atoms with E-state index in [4.69, 9.17) is 5.26 Å². The number of halogens is 3. The summed E-state index contributed by atoms with van der Waals surface area (Å²) >= 11 is 0.